The van der Waals surface area contributed by atoms with Gasteiger partial charge in [-0.1, -0.05) is 54.1 Å². The lowest BCUT2D eigenvalue weighted by molar-refractivity contribution is -0.308. The normalized spacial score (nSPS) is 15.3. The number of hydrogen-bond donors (Lipinski definition) is 1. The lowest BCUT2D eigenvalue weighted by Gasteiger charge is -2.23. The molecule has 4 nitrogen and oxygen atoms in total. The first-order valence-electron chi connectivity index (χ1n) is 11.9. The number of aromatic amines is 1. The topological polar surface area (TPSA) is 37.3 Å². The van der Waals surface area contributed by atoms with Crippen molar-refractivity contribution in [2.24, 2.45) is 0 Å². The summed E-state index contributed by atoms with van der Waals surface area (Å²) in [6.07, 6.45) is 8.26. The van der Waals surface area contributed by atoms with Gasteiger partial charge in [0, 0.05) is 29.3 Å². The minimum Gasteiger partial charge on any atom is -0.458 e. The Hall–Kier alpha value is -4.25. The Morgan fingerprint density at radius 3 is 2.14 bits per heavy atom. The van der Waals surface area contributed by atoms with E-state index in [0.29, 0.717) is 0 Å². The Kier molecular flexibility index (Phi) is 5.18. The van der Waals surface area contributed by atoms with E-state index in [1.165, 1.54) is 5.56 Å². The van der Waals surface area contributed by atoms with Crippen molar-refractivity contribution in [2.75, 3.05) is 0 Å². The zero-order valence-corrected chi connectivity index (χ0v) is 20.1. The number of aromatic nitrogens is 1. The first-order valence-corrected chi connectivity index (χ1v) is 11.9. The second-order valence-electron chi connectivity index (χ2n) is 9.12. The lowest BCUT2D eigenvalue weighted by atomic mass is 9.48. The summed E-state index contributed by atoms with van der Waals surface area (Å²) >= 11 is 0. The molecule has 170 valence electrons. The summed E-state index contributed by atoms with van der Waals surface area (Å²) in [5.41, 5.74) is 7.63. The third-order valence-corrected chi connectivity index (χ3v) is 6.59. The molecule has 6 rings (SSSR count). The van der Waals surface area contributed by atoms with Crippen LogP contribution in [0.5, 0.6) is 17.2 Å². The highest BCUT2D eigenvalue weighted by atomic mass is 16.5. The second-order valence-corrected chi connectivity index (χ2v) is 9.12. The van der Waals surface area contributed by atoms with E-state index in [9.17, 15) is 0 Å². The van der Waals surface area contributed by atoms with Crippen LogP contribution >= 0.6 is 0 Å². The maximum absolute atomic E-state index is 6.76. The van der Waals surface area contributed by atoms with Gasteiger partial charge in [-0.2, -0.15) is 0 Å². The monoisotopic (exact) mass is 457 g/mol. The van der Waals surface area contributed by atoms with Gasteiger partial charge in [-0.25, -0.2) is 0 Å². The van der Waals surface area contributed by atoms with Crippen LogP contribution in [0, 0.1) is 20.8 Å². The Morgan fingerprint density at radius 2 is 1.51 bits per heavy atom. The van der Waals surface area contributed by atoms with Gasteiger partial charge in [-0.3, -0.25) is 4.49 Å². The summed E-state index contributed by atoms with van der Waals surface area (Å²) in [5, 5.41) is 0. The molecule has 3 heterocycles. The van der Waals surface area contributed by atoms with Crippen LogP contribution in [0.15, 0.2) is 96.8 Å². The Bertz CT molecular complexity index is 1460. The fourth-order valence-corrected chi connectivity index (χ4v) is 5.14. The molecule has 0 unspecified atom stereocenters. The van der Waals surface area contributed by atoms with E-state index in [1.807, 2.05) is 36.5 Å². The van der Waals surface area contributed by atoms with Crippen LogP contribution in [0.4, 0.5) is 0 Å². The predicted molar refractivity (Wildman–Crippen MR) is 142 cm³/mol. The first kappa shape index (κ1) is 21.3. The fraction of sp³-hybridized carbons (Fsp3) is 0.100. The smallest absolute Gasteiger partial charge is 0.458 e. The SMILES string of the molecule is Cc1cc(C)c(O/C(=C2\C=CC=[N+]2B2c3ccccc3Oc3ccccc32)c2ccc[nH]2)c(C)c1. The number of aryl methyl sites for hydroxylation is 3. The van der Waals surface area contributed by atoms with Crippen LogP contribution in [-0.2, 0) is 0 Å². The van der Waals surface area contributed by atoms with Gasteiger partial charge in [0.05, 0.1) is 5.69 Å². The molecule has 0 bridgehead atoms. The number of ether oxygens (including phenoxy) is 2. The molecule has 0 radical (unpaired) electrons. The van der Waals surface area contributed by atoms with Crippen LogP contribution < -0.4 is 20.4 Å². The minimum absolute atomic E-state index is 0.0464. The molecule has 35 heavy (non-hydrogen) atoms. The zero-order valence-electron chi connectivity index (χ0n) is 20.1. The largest absolute Gasteiger partial charge is 0.567 e. The number of nitrogens with one attached hydrogen (secondary N) is 1. The molecular weight excluding hydrogens is 431 g/mol. The van der Waals surface area contributed by atoms with Crippen molar-refractivity contribution < 1.29 is 14.0 Å². The summed E-state index contributed by atoms with van der Waals surface area (Å²) in [4.78, 5) is 3.36. The molecule has 0 saturated heterocycles. The third-order valence-electron chi connectivity index (χ3n) is 6.59. The summed E-state index contributed by atoms with van der Waals surface area (Å²) in [5.74, 6) is 3.43. The number of benzene rings is 3. The molecule has 1 N–H and O–H groups in total. The number of hydrogen-bond acceptors (Lipinski definition) is 2. The number of fused-ring (bicyclic) bond motifs is 2. The summed E-state index contributed by atoms with van der Waals surface area (Å²) in [6.45, 7) is 6.27. The second kappa shape index (κ2) is 8.51. The Morgan fingerprint density at radius 1 is 0.857 bits per heavy atom. The van der Waals surface area contributed by atoms with Gasteiger partial charge < -0.3 is 14.5 Å². The van der Waals surface area contributed by atoms with Crippen molar-refractivity contribution in [1.29, 1.82) is 0 Å². The number of H-pyrrole nitrogens is 1. The van der Waals surface area contributed by atoms with Crippen molar-refractivity contribution in [3.8, 4) is 17.2 Å². The van der Waals surface area contributed by atoms with Gasteiger partial charge in [-0.05, 0) is 56.2 Å². The van der Waals surface area contributed by atoms with Crippen molar-refractivity contribution in [2.45, 2.75) is 20.8 Å². The molecular formula is C30H26BN2O2+. The Labute approximate surface area is 206 Å². The van der Waals surface area contributed by atoms with Crippen molar-refractivity contribution in [3.63, 3.8) is 0 Å². The molecule has 2 aliphatic rings. The van der Waals surface area contributed by atoms with Crippen molar-refractivity contribution >= 4 is 29.7 Å². The van der Waals surface area contributed by atoms with E-state index in [4.69, 9.17) is 9.47 Å². The Balaban J connectivity index is 1.54. The third kappa shape index (κ3) is 3.70. The standard InChI is InChI=1S/C30H25BN2O2/c1-20-18-21(2)29(22(3)19-20)35-30(25-12-8-16-32-25)26-13-9-17-33(26)31-23-10-4-6-14-27(23)34-28-15-7-5-11-24(28)31/h4-19H,1-3H3/p+1. The molecule has 1 aromatic heterocycles. The highest BCUT2D eigenvalue weighted by Gasteiger charge is 2.46. The van der Waals surface area contributed by atoms with E-state index in [-0.39, 0.29) is 6.85 Å². The molecule has 0 aliphatic carbocycles. The summed E-state index contributed by atoms with van der Waals surface area (Å²) in [7, 11) is 0. The molecule has 0 fully saturated rings. The summed E-state index contributed by atoms with van der Waals surface area (Å²) < 4.78 is 15.3. The van der Waals surface area contributed by atoms with E-state index >= 15 is 0 Å². The molecule has 3 aromatic carbocycles. The van der Waals surface area contributed by atoms with Gasteiger partial charge in [-0.15, -0.1) is 0 Å². The minimum atomic E-state index is -0.0464. The van der Waals surface area contributed by atoms with Gasteiger partial charge in [0.2, 0.25) is 11.5 Å². The van der Waals surface area contributed by atoms with Crippen LogP contribution in [0.1, 0.15) is 22.4 Å². The summed E-state index contributed by atoms with van der Waals surface area (Å²) in [6, 6.07) is 24.9. The van der Waals surface area contributed by atoms with Gasteiger partial charge in [0.25, 0.3) is 0 Å². The van der Waals surface area contributed by atoms with Gasteiger partial charge in [0.15, 0.2) is 0 Å². The molecule has 0 amide bonds. The molecule has 5 heteroatoms. The van der Waals surface area contributed by atoms with E-state index in [0.717, 1.165) is 56.5 Å². The molecule has 0 atom stereocenters. The van der Waals surface area contributed by atoms with Crippen LogP contribution in [-0.4, -0.2) is 22.5 Å². The maximum Gasteiger partial charge on any atom is 0.567 e. The number of allylic oxidation sites excluding steroid dienone is 2. The van der Waals surface area contributed by atoms with Crippen LogP contribution in [0.25, 0.3) is 5.76 Å². The number of nitrogens with zero attached hydrogens (tertiary/aromatic N) is 1. The number of rotatable bonds is 4. The maximum atomic E-state index is 6.76. The van der Waals surface area contributed by atoms with Crippen molar-refractivity contribution in [1.82, 2.24) is 4.98 Å². The number of para-hydroxylation sites is 2. The van der Waals surface area contributed by atoms with E-state index in [2.05, 4.69) is 91.1 Å². The molecule has 0 spiro atoms. The average molecular weight is 457 g/mol. The first-order chi connectivity index (χ1) is 17.1. The highest BCUT2D eigenvalue weighted by Crippen LogP contribution is 2.33. The fourth-order valence-electron chi connectivity index (χ4n) is 5.14. The zero-order chi connectivity index (χ0) is 23.9. The van der Waals surface area contributed by atoms with Crippen LogP contribution in [0.2, 0.25) is 0 Å². The van der Waals surface area contributed by atoms with E-state index < -0.39 is 0 Å². The molecule has 0 saturated carbocycles. The predicted octanol–water partition coefficient (Wildman–Crippen LogP) is 5.25. The van der Waals surface area contributed by atoms with Gasteiger partial charge in [0.1, 0.15) is 23.5 Å². The van der Waals surface area contributed by atoms with Crippen molar-refractivity contribution in [3.05, 3.63) is 119 Å². The highest BCUT2D eigenvalue weighted by molar-refractivity contribution is 6.81. The molecule has 4 aromatic rings. The molecule has 2 aliphatic heterocycles. The van der Waals surface area contributed by atoms with E-state index in [1.54, 1.807) is 0 Å². The lowest BCUT2D eigenvalue weighted by Crippen LogP contribution is -2.54. The van der Waals surface area contributed by atoms with Gasteiger partial charge >= 0.3 is 6.85 Å². The quantitative estimate of drug-likeness (QED) is 0.336. The van der Waals surface area contributed by atoms with Crippen LogP contribution in [0.3, 0.4) is 0 Å². The average Bonchev–Trinajstić information content (AvgIpc) is 3.55.